The fourth-order valence-electron chi connectivity index (χ4n) is 1.91. The van der Waals surface area contributed by atoms with Crippen LogP contribution in [0.5, 0.6) is 11.5 Å². The first kappa shape index (κ1) is 15.3. The normalized spacial score (nSPS) is 10.4. The number of nitro benzene ring substituents is 1. The Morgan fingerprint density at radius 1 is 1.33 bits per heavy atom. The van der Waals surface area contributed by atoms with E-state index < -0.39 is 4.92 Å². The quantitative estimate of drug-likeness (QED) is 0.667. The number of benzene rings is 2. The molecular formula is C15H14ClNO4. The molecule has 0 atom stereocenters. The number of ether oxygens (including phenoxy) is 1. The molecule has 0 spiro atoms. The van der Waals surface area contributed by atoms with Crippen LogP contribution in [0.3, 0.4) is 0 Å². The van der Waals surface area contributed by atoms with Gasteiger partial charge in [0, 0.05) is 11.6 Å². The second-order valence-corrected chi connectivity index (χ2v) is 4.81. The maximum Gasteiger partial charge on any atom is 0.311 e. The van der Waals surface area contributed by atoms with Gasteiger partial charge in [-0.15, -0.1) is 0 Å². The molecule has 1 N–H and O–H groups in total. The first-order valence-electron chi connectivity index (χ1n) is 6.40. The molecule has 0 unspecified atom stereocenters. The lowest BCUT2D eigenvalue weighted by molar-refractivity contribution is -0.385. The zero-order valence-corrected chi connectivity index (χ0v) is 12.1. The van der Waals surface area contributed by atoms with Crippen LogP contribution in [-0.4, -0.2) is 10.0 Å². The zero-order chi connectivity index (χ0) is 15.4. The Morgan fingerprint density at radius 2 is 2.10 bits per heavy atom. The largest absolute Gasteiger partial charge is 0.448 e. The van der Waals surface area contributed by atoms with E-state index in [1.54, 1.807) is 30.3 Å². The third kappa shape index (κ3) is 3.32. The molecular weight excluding hydrogens is 294 g/mol. The van der Waals surface area contributed by atoms with Gasteiger partial charge < -0.3 is 9.84 Å². The molecule has 0 aromatic heterocycles. The van der Waals surface area contributed by atoms with Gasteiger partial charge in [-0.25, -0.2) is 0 Å². The first-order chi connectivity index (χ1) is 10.1. The van der Waals surface area contributed by atoms with Crippen molar-refractivity contribution in [2.45, 2.75) is 20.0 Å². The molecule has 0 aliphatic carbocycles. The number of aliphatic hydroxyl groups is 1. The third-order valence-electron chi connectivity index (χ3n) is 3.06. The van der Waals surface area contributed by atoms with Crippen LogP contribution in [-0.2, 0) is 13.0 Å². The lowest BCUT2D eigenvalue weighted by Gasteiger charge is -2.12. The van der Waals surface area contributed by atoms with Crippen LogP contribution in [0, 0.1) is 10.1 Å². The van der Waals surface area contributed by atoms with E-state index in [2.05, 4.69) is 0 Å². The lowest BCUT2D eigenvalue weighted by Crippen LogP contribution is -1.97. The van der Waals surface area contributed by atoms with Gasteiger partial charge in [-0.1, -0.05) is 36.7 Å². The molecule has 2 aromatic carbocycles. The van der Waals surface area contributed by atoms with Crippen molar-refractivity contribution in [2.24, 2.45) is 0 Å². The Kier molecular flexibility index (Phi) is 4.77. The maximum atomic E-state index is 11.2. The van der Waals surface area contributed by atoms with Crippen LogP contribution in [0.1, 0.15) is 18.1 Å². The topological polar surface area (TPSA) is 72.6 Å². The lowest BCUT2D eigenvalue weighted by atomic mass is 10.1. The van der Waals surface area contributed by atoms with Crippen molar-refractivity contribution in [1.82, 2.24) is 0 Å². The molecule has 2 rings (SSSR count). The number of aliphatic hydroxyl groups excluding tert-OH is 1. The minimum atomic E-state index is -0.496. The van der Waals surface area contributed by atoms with Gasteiger partial charge >= 0.3 is 5.69 Å². The van der Waals surface area contributed by atoms with E-state index in [1.165, 1.54) is 6.07 Å². The van der Waals surface area contributed by atoms with Crippen LogP contribution in [0.4, 0.5) is 5.69 Å². The summed E-state index contributed by atoms with van der Waals surface area (Å²) in [5, 5.41) is 20.8. The molecule has 0 aliphatic heterocycles. The van der Waals surface area contributed by atoms with Crippen molar-refractivity contribution < 1.29 is 14.8 Å². The van der Waals surface area contributed by atoms with Crippen molar-refractivity contribution in [3.8, 4) is 11.5 Å². The molecule has 2 aromatic rings. The van der Waals surface area contributed by atoms with Crippen molar-refractivity contribution in [3.63, 3.8) is 0 Å². The number of hydrogen-bond donors (Lipinski definition) is 1. The van der Waals surface area contributed by atoms with Gasteiger partial charge in [-0.3, -0.25) is 10.1 Å². The van der Waals surface area contributed by atoms with E-state index in [-0.39, 0.29) is 28.8 Å². The Morgan fingerprint density at radius 3 is 2.71 bits per heavy atom. The highest BCUT2D eigenvalue weighted by atomic mass is 35.5. The number of rotatable bonds is 5. The summed E-state index contributed by atoms with van der Waals surface area (Å²) in [5.41, 5.74) is 1.19. The monoisotopic (exact) mass is 307 g/mol. The summed E-state index contributed by atoms with van der Waals surface area (Å²) in [6.45, 7) is 1.65. The highest BCUT2D eigenvalue weighted by molar-refractivity contribution is 6.32. The highest BCUT2D eigenvalue weighted by Crippen LogP contribution is 2.37. The van der Waals surface area contributed by atoms with Gasteiger partial charge in [-0.05, 0) is 24.1 Å². The molecule has 21 heavy (non-hydrogen) atoms. The molecule has 0 heterocycles. The van der Waals surface area contributed by atoms with E-state index in [0.717, 1.165) is 5.56 Å². The minimum Gasteiger partial charge on any atom is -0.448 e. The predicted octanol–water partition coefficient (Wildman–Crippen LogP) is 4.10. The second-order valence-electron chi connectivity index (χ2n) is 4.40. The van der Waals surface area contributed by atoms with E-state index in [9.17, 15) is 15.2 Å². The van der Waals surface area contributed by atoms with Crippen LogP contribution in [0.25, 0.3) is 0 Å². The fourth-order valence-corrected chi connectivity index (χ4v) is 2.15. The van der Waals surface area contributed by atoms with Crippen LogP contribution in [0.2, 0.25) is 5.02 Å². The van der Waals surface area contributed by atoms with Crippen molar-refractivity contribution >= 4 is 17.3 Å². The Labute approximate surface area is 126 Å². The average molecular weight is 308 g/mol. The molecule has 5 nitrogen and oxygen atoms in total. The Balaban J connectivity index is 2.47. The summed E-state index contributed by atoms with van der Waals surface area (Å²) >= 11 is 6.04. The first-order valence-corrected chi connectivity index (χ1v) is 6.78. The van der Waals surface area contributed by atoms with Gasteiger partial charge in [0.05, 0.1) is 16.6 Å². The molecule has 0 bridgehead atoms. The maximum absolute atomic E-state index is 11.2. The number of halogens is 1. The molecule has 0 radical (unpaired) electrons. The average Bonchev–Trinajstić information content (AvgIpc) is 2.49. The SMILES string of the molecule is CCc1ccc(Oc2c(Cl)cccc2CO)c([N+](=O)[O-])c1. The van der Waals surface area contributed by atoms with E-state index in [1.807, 2.05) is 6.92 Å². The molecule has 110 valence electrons. The third-order valence-corrected chi connectivity index (χ3v) is 3.36. The summed E-state index contributed by atoms with van der Waals surface area (Å²) in [7, 11) is 0. The van der Waals surface area contributed by atoms with E-state index >= 15 is 0 Å². The number of para-hydroxylation sites is 1. The van der Waals surface area contributed by atoms with E-state index in [0.29, 0.717) is 12.0 Å². The molecule has 0 amide bonds. The van der Waals surface area contributed by atoms with Gasteiger partial charge in [0.2, 0.25) is 5.75 Å². The van der Waals surface area contributed by atoms with Gasteiger partial charge in [0.15, 0.2) is 5.75 Å². The zero-order valence-electron chi connectivity index (χ0n) is 11.4. The van der Waals surface area contributed by atoms with Gasteiger partial charge in [0.1, 0.15) is 0 Å². The number of hydrogen-bond acceptors (Lipinski definition) is 4. The Hall–Kier alpha value is -2.11. The van der Waals surface area contributed by atoms with Crippen molar-refractivity contribution in [2.75, 3.05) is 0 Å². The highest BCUT2D eigenvalue weighted by Gasteiger charge is 2.19. The van der Waals surface area contributed by atoms with Crippen molar-refractivity contribution in [1.29, 1.82) is 0 Å². The summed E-state index contributed by atoms with van der Waals surface area (Å²) in [5.74, 6) is 0.328. The Bertz CT molecular complexity index is 673. The number of aryl methyl sites for hydroxylation is 1. The summed E-state index contributed by atoms with van der Waals surface area (Å²) in [6, 6.07) is 9.70. The summed E-state index contributed by atoms with van der Waals surface area (Å²) < 4.78 is 5.59. The minimum absolute atomic E-state index is 0.0972. The van der Waals surface area contributed by atoms with Crippen LogP contribution in [0.15, 0.2) is 36.4 Å². The van der Waals surface area contributed by atoms with E-state index in [4.69, 9.17) is 16.3 Å². The van der Waals surface area contributed by atoms with Crippen molar-refractivity contribution in [3.05, 3.63) is 62.7 Å². The standard InChI is InChI=1S/C15H14ClNO4/c1-2-10-6-7-14(13(8-10)17(19)20)21-15-11(9-18)4-3-5-12(15)16/h3-8,18H,2,9H2,1H3. The summed E-state index contributed by atoms with van der Waals surface area (Å²) in [6.07, 6.45) is 0.690. The fraction of sp³-hybridized carbons (Fsp3) is 0.200. The second kappa shape index (κ2) is 6.56. The molecule has 0 fully saturated rings. The van der Waals surface area contributed by atoms with Crippen LogP contribution >= 0.6 is 11.6 Å². The number of nitro groups is 1. The molecule has 0 aliphatic rings. The van der Waals surface area contributed by atoms with Gasteiger partial charge in [0.25, 0.3) is 0 Å². The predicted molar refractivity (Wildman–Crippen MR) is 79.9 cm³/mol. The molecule has 0 saturated heterocycles. The molecule has 0 saturated carbocycles. The van der Waals surface area contributed by atoms with Crippen LogP contribution < -0.4 is 4.74 Å². The van der Waals surface area contributed by atoms with Gasteiger partial charge in [-0.2, -0.15) is 0 Å². The molecule has 6 heteroatoms. The smallest absolute Gasteiger partial charge is 0.311 e. The number of nitrogens with zero attached hydrogens (tertiary/aromatic N) is 1. The summed E-state index contributed by atoms with van der Waals surface area (Å²) in [4.78, 5) is 10.7.